The molecule has 86 valence electrons. The lowest BCUT2D eigenvalue weighted by molar-refractivity contribution is 0.0827. The highest BCUT2D eigenvalue weighted by Crippen LogP contribution is 2.12. The minimum Gasteiger partial charge on any atom is -0.377 e. The van der Waals surface area contributed by atoms with E-state index >= 15 is 0 Å². The Morgan fingerprint density at radius 3 is 2.21 bits per heavy atom. The maximum absolute atomic E-state index is 5.48. The Bertz CT molecular complexity index is 109. The van der Waals surface area contributed by atoms with Crippen LogP contribution in [0.1, 0.15) is 46.5 Å². The number of rotatable bonds is 4. The van der Waals surface area contributed by atoms with Crippen LogP contribution in [0.3, 0.4) is 0 Å². The smallest absolute Gasteiger partial charge is 0.0702 e. The van der Waals surface area contributed by atoms with Crippen LogP contribution in [0.4, 0.5) is 0 Å². The van der Waals surface area contributed by atoms with Crippen LogP contribution in [0.2, 0.25) is 0 Å². The van der Waals surface area contributed by atoms with Crippen LogP contribution in [0.5, 0.6) is 0 Å². The fourth-order valence-electron chi connectivity index (χ4n) is 1.27. The van der Waals surface area contributed by atoms with E-state index in [1.165, 1.54) is 25.7 Å². The second-order valence-electron chi connectivity index (χ2n) is 3.99. The van der Waals surface area contributed by atoms with Crippen molar-refractivity contribution in [2.24, 2.45) is 0 Å². The highest BCUT2D eigenvalue weighted by atomic mass is 16.5. The zero-order valence-electron chi connectivity index (χ0n) is 10.4. The van der Waals surface area contributed by atoms with E-state index in [1.807, 2.05) is 0 Å². The van der Waals surface area contributed by atoms with Gasteiger partial charge in [0.2, 0.25) is 0 Å². The van der Waals surface area contributed by atoms with E-state index in [0.717, 1.165) is 19.7 Å². The first-order chi connectivity index (χ1) is 6.74. The van der Waals surface area contributed by atoms with Crippen LogP contribution in [0, 0.1) is 0 Å². The molecule has 0 aliphatic carbocycles. The molecule has 0 aromatic carbocycles. The number of likely N-dealkylation sites (N-methyl/N-ethyl adjacent to an activating group) is 1. The van der Waals surface area contributed by atoms with Crippen molar-refractivity contribution in [3.8, 4) is 0 Å². The minimum absolute atomic E-state index is 0.518. The molecule has 2 heteroatoms. The Kier molecular flexibility index (Phi) is 9.42. The zero-order chi connectivity index (χ0) is 10.8. The van der Waals surface area contributed by atoms with Gasteiger partial charge in [-0.05, 0) is 26.4 Å². The van der Waals surface area contributed by atoms with E-state index in [1.54, 1.807) is 0 Å². The molecule has 0 aromatic heterocycles. The average molecular weight is 201 g/mol. The molecule has 0 N–H and O–H groups in total. The zero-order valence-corrected chi connectivity index (χ0v) is 10.4. The van der Waals surface area contributed by atoms with Gasteiger partial charge in [-0.2, -0.15) is 0 Å². The SMILES string of the molecule is CCCC.CCN(C)CC1CCCO1. The molecule has 14 heavy (non-hydrogen) atoms. The van der Waals surface area contributed by atoms with E-state index in [0.29, 0.717) is 6.10 Å². The number of hydrogen-bond donors (Lipinski definition) is 0. The molecule has 0 spiro atoms. The summed E-state index contributed by atoms with van der Waals surface area (Å²) in [6, 6.07) is 0. The average Bonchev–Trinajstić information content (AvgIpc) is 2.70. The van der Waals surface area contributed by atoms with Gasteiger partial charge in [-0.1, -0.05) is 33.6 Å². The number of unbranched alkanes of at least 4 members (excludes halogenated alkanes) is 1. The first kappa shape index (κ1) is 13.9. The van der Waals surface area contributed by atoms with Gasteiger partial charge in [0.05, 0.1) is 6.10 Å². The minimum atomic E-state index is 0.518. The summed E-state index contributed by atoms with van der Waals surface area (Å²) in [5, 5.41) is 0. The third kappa shape index (κ3) is 7.34. The first-order valence-electron chi connectivity index (χ1n) is 6.04. The van der Waals surface area contributed by atoms with Gasteiger partial charge < -0.3 is 9.64 Å². The van der Waals surface area contributed by atoms with E-state index in [4.69, 9.17) is 4.74 Å². The predicted octanol–water partition coefficient (Wildman–Crippen LogP) is 2.92. The quantitative estimate of drug-likeness (QED) is 0.693. The van der Waals surface area contributed by atoms with Gasteiger partial charge in [0.15, 0.2) is 0 Å². The standard InChI is InChI=1S/C8H17NO.C4H10/c1-3-9(2)7-8-5-4-6-10-8;1-3-4-2/h8H,3-7H2,1-2H3;3-4H2,1-2H3. The van der Waals surface area contributed by atoms with Crippen molar-refractivity contribution in [3.63, 3.8) is 0 Å². The maximum atomic E-state index is 5.48. The highest BCUT2D eigenvalue weighted by molar-refractivity contribution is 4.67. The topological polar surface area (TPSA) is 12.5 Å². The van der Waals surface area contributed by atoms with Crippen LogP contribution in [-0.2, 0) is 4.74 Å². The van der Waals surface area contributed by atoms with E-state index in [2.05, 4.69) is 32.7 Å². The van der Waals surface area contributed by atoms with Crippen molar-refractivity contribution in [1.82, 2.24) is 4.90 Å². The van der Waals surface area contributed by atoms with Gasteiger partial charge in [-0.15, -0.1) is 0 Å². The van der Waals surface area contributed by atoms with Crippen molar-refractivity contribution in [1.29, 1.82) is 0 Å². The summed E-state index contributed by atoms with van der Waals surface area (Å²) < 4.78 is 5.48. The first-order valence-corrected chi connectivity index (χ1v) is 6.04. The molecule has 0 aromatic rings. The fourth-order valence-corrected chi connectivity index (χ4v) is 1.27. The third-order valence-electron chi connectivity index (χ3n) is 2.58. The van der Waals surface area contributed by atoms with Crippen LogP contribution >= 0.6 is 0 Å². The lowest BCUT2D eigenvalue weighted by Gasteiger charge is -2.17. The third-order valence-corrected chi connectivity index (χ3v) is 2.58. The second-order valence-corrected chi connectivity index (χ2v) is 3.99. The van der Waals surface area contributed by atoms with Crippen molar-refractivity contribution in [2.75, 3.05) is 26.7 Å². The van der Waals surface area contributed by atoms with Crippen LogP contribution in [0.15, 0.2) is 0 Å². The van der Waals surface area contributed by atoms with Crippen molar-refractivity contribution < 1.29 is 4.74 Å². The lowest BCUT2D eigenvalue weighted by atomic mass is 10.2. The van der Waals surface area contributed by atoms with Crippen LogP contribution in [0.25, 0.3) is 0 Å². The monoisotopic (exact) mass is 201 g/mol. The van der Waals surface area contributed by atoms with E-state index < -0.39 is 0 Å². The van der Waals surface area contributed by atoms with Crippen LogP contribution in [-0.4, -0.2) is 37.7 Å². The Balaban J connectivity index is 0.000000364. The lowest BCUT2D eigenvalue weighted by Crippen LogP contribution is -2.28. The van der Waals surface area contributed by atoms with Gasteiger partial charge in [0.25, 0.3) is 0 Å². The molecule has 1 aliphatic rings. The molecule has 0 radical (unpaired) electrons. The largest absolute Gasteiger partial charge is 0.377 e. The van der Waals surface area contributed by atoms with Gasteiger partial charge in [-0.3, -0.25) is 0 Å². The van der Waals surface area contributed by atoms with Gasteiger partial charge in [-0.25, -0.2) is 0 Å². The molecule has 2 nitrogen and oxygen atoms in total. The normalized spacial score (nSPS) is 20.8. The molecule has 0 amide bonds. The Morgan fingerprint density at radius 2 is 1.86 bits per heavy atom. The summed E-state index contributed by atoms with van der Waals surface area (Å²) in [6.45, 7) is 9.74. The molecule has 1 atom stereocenters. The van der Waals surface area contributed by atoms with Crippen molar-refractivity contribution in [3.05, 3.63) is 0 Å². The van der Waals surface area contributed by atoms with E-state index in [9.17, 15) is 0 Å². The Labute approximate surface area is 89.6 Å². The molecule has 1 fully saturated rings. The molecule has 1 heterocycles. The molecule has 0 bridgehead atoms. The number of nitrogens with zero attached hydrogens (tertiary/aromatic N) is 1. The Hall–Kier alpha value is -0.0800. The number of ether oxygens (including phenoxy) is 1. The van der Waals surface area contributed by atoms with Crippen LogP contribution < -0.4 is 0 Å². The second kappa shape index (κ2) is 9.47. The molecule has 1 aliphatic heterocycles. The highest BCUT2D eigenvalue weighted by Gasteiger charge is 2.15. The summed E-state index contributed by atoms with van der Waals surface area (Å²) >= 11 is 0. The van der Waals surface area contributed by atoms with Gasteiger partial charge in [0, 0.05) is 13.2 Å². The molecular weight excluding hydrogens is 174 g/mol. The molecule has 1 saturated heterocycles. The summed E-state index contributed by atoms with van der Waals surface area (Å²) in [5.74, 6) is 0. The summed E-state index contributed by atoms with van der Waals surface area (Å²) in [5.41, 5.74) is 0. The molecular formula is C12H27NO. The maximum Gasteiger partial charge on any atom is 0.0702 e. The van der Waals surface area contributed by atoms with Gasteiger partial charge in [0.1, 0.15) is 0 Å². The van der Waals surface area contributed by atoms with Gasteiger partial charge >= 0.3 is 0 Å². The summed E-state index contributed by atoms with van der Waals surface area (Å²) in [6.07, 6.45) is 5.66. The number of hydrogen-bond acceptors (Lipinski definition) is 2. The fraction of sp³-hybridized carbons (Fsp3) is 1.00. The summed E-state index contributed by atoms with van der Waals surface area (Å²) in [7, 11) is 2.14. The molecule has 1 rings (SSSR count). The molecule has 1 unspecified atom stereocenters. The summed E-state index contributed by atoms with van der Waals surface area (Å²) in [4.78, 5) is 2.30. The molecule has 0 saturated carbocycles. The van der Waals surface area contributed by atoms with E-state index in [-0.39, 0.29) is 0 Å². The Morgan fingerprint density at radius 1 is 1.21 bits per heavy atom. The van der Waals surface area contributed by atoms with Crippen molar-refractivity contribution in [2.45, 2.75) is 52.6 Å². The predicted molar refractivity (Wildman–Crippen MR) is 62.7 cm³/mol. The van der Waals surface area contributed by atoms with Crippen molar-refractivity contribution >= 4 is 0 Å².